The van der Waals surface area contributed by atoms with Crippen LogP contribution in [0.1, 0.15) is 43.7 Å². The molecule has 0 spiro atoms. The lowest BCUT2D eigenvalue weighted by atomic mass is 10.0. The maximum absolute atomic E-state index is 13.3. The van der Waals surface area contributed by atoms with E-state index < -0.39 is 11.7 Å². The third kappa shape index (κ3) is 5.56. The van der Waals surface area contributed by atoms with Gasteiger partial charge < -0.3 is 5.32 Å². The number of halogens is 3. The zero-order valence-corrected chi connectivity index (χ0v) is 16.8. The van der Waals surface area contributed by atoms with Crippen LogP contribution in [0.25, 0.3) is 11.3 Å². The Labute approximate surface area is 169 Å². The van der Waals surface area contributed by atoms with E-state index in [4.69, 9.17) is 0 Å². The van der Waals surface area contributed by atoms with Gasteiger partial charge in [-0.1, -0.05) is 38.3 Å². The van der Waals surface area contributed by atoms with Gasteiger partial charge in [-0.3, -0.25) is 14.9 Å². The first-order valence-corrected chi connectivity index (χ1v) is 9.90. The number of hydrogen-bond acceptors (Lipinski definition) is 4. The van der Waals surface area contributed by atoms with E-state index >= 15 is 0 Å². The van der Waals surface area contributed by atoms with Crippen LogP contribution in [0.4, 0.5) is 18.9 Å². The van der Waals surface area contributed by atoms with Crippen LogP contribution in [0.3, 0.4) is 0 Å². The fourth-order valence-electron chi connectivity index (χ4n) is 3.35. The minimum atomic E-state index is -4.45. The van der Waals surface area contributed by atoms with E-state index in [9.17, 15) is 13.2 Å². The van der Waals surface area contributed by atoms with Crippen molar-refractivity contribution in [2.24, 2.45) is 4.99 Å². The molecule has 0 saturated heterocycles. The van der Waals surface area contributed by atoms with Crippen molar-refractivity contribution in [2.75, 3.05) is 25.5 Å². The Morgan fingerprint density at radius 3 is 2.69 bits per heavy atom. The predicted molar refractivity (Wildman–Crippen MR) is 111 cm³/mol. The number of amidine groups is 1. The molecule has 0 fully saturated rings. The van der Waals surface area contributed by atoms with E-state index in [2.05, 4.69) is 27.1 Å². The molecule has 0 atom stereocenters. The van der Waals surface area contributed by atoms with Crippen molar-refractivity contribution in [3.63, 3.8) is 0 Å². The fourth-order valence-corrected chi connectivity index (χ4v) is 3.35. The summed E-state index contributed by atoms with van der Waals surface area (Å²) in [7, 11) is 2.05. The number of nitrogens with one attached hydrogen (secondary N) is 1. The lowest BCUT2D eigenvalue weighted by molar-refractivity contribution is -0.137. The molecule has 0 unspecified atom stereocenters. The average molecular weight is 403 g/mol. The Bertz CT molecular complexity index is 861. The molecule has 1 aliphatic heterocycles. The highest BCUT2D eigenvalue weighted by atomic mass is 19.4. The minimum absolute atomic E-state index is 0.0679. The van der Waals surface area contributed by atoms with E-state index in [-0.39, 0.29) is 5.69 Å². The molecule has 0 bridgehead atoms. The molecule has 1 aromatic carbocycles. The maximum atomic E-state index is 13.3. The van der Waals surface area contributed by atoms with Crippen LogP contribution in [0.2, 0.25) is 0 Å². The summed E-state index contributed by atoms with van der Waals surface area (Å²) in [6.07, 6.45) is 1.73. The number of aromatic nitrogens is 1. The quantitative estimate of drug-likeness (QED) is 0.582. The highest BCUT2D eigenvalue weighted by Crippen LogP contribution is 2.37. The number of likely N-dealkylation sites (N-methyl/N-ethyl adjacent to an activating group) is 1. The number of fused-ring (bicyclic) bond motifs is 1. The Kier molecular flexibility index (Phi) is 6.90. The van der Waals surface area contributed by atoms with E-state index in [0.717, 1.165) is 36.1 Å². The summed E-state index contributed by atoms with van der Waals surface area (Å²) in [4.78, 5) is 10.6. The molecule has 3 rings (SSSR count). The van der Waals surface area contributed by atoms with E-state index in [0.29, 0.717) is 12.1 Å². The third-order valence-corrected chi connectivity index (χ3v) is 4.89. The van der Waals surface area contributed by atoms with Crippen molar-refractivity contribution in [1.29, 1.82) is 0 Å². The summed E-state index contributed by atoms with van der Waals surface area (Å²) in [5.41, 5.74) is 1.20. The number of aliphatic imine (C=N–C) groups is 1. The number of nitrogens with zero attached hydrogens (tertiary/aromatic N) is 3. The molecule has 0 aliphatic carbocycles. The lowest BCUT2D eigenvalue weighted by Gasteiger charge is -2.23. The minimum Gasteiger partial charge on any atom is -0.343 e. The summed E-state index contributed by atoms with van der Waals surface area (Å²) in [5, 5.41) is 3.27. The number of anilines is 1. The Hall–Kier alpha value is -2.41. The summed E-state index contributed by atoms with van der Waals surface area (Å²) < 4.78 is 40.0. The van der Waals surface area contributed by atoms with E-state index in [1.165, 1.54) is 31.5 Å². The SMILES string of the molecule is CCCCCCN(C)CC1=N[CH]c2ccc(-c3ncccc3C(F)(F)F)cc2N1. The van der Waals surface area contributed by atoms with Crippen LogP contribution in [0.15, 0.2) is 41.5 Å². The molecule has 155 valence electrons. The topological polar surface area (TPSA) is 40.5 Å². The van der Waals surface area contributed by atoms with Gasteiger partial charge in [-0.05, 0) is 38.2 Å². The first-order chi connectivity index (χ1) is 13.9. The third-order valence-electron chi connectivity index (χ3n) is 4.89. The number of benzene rings is 1. The molecule has 1 N–H and O–H groups in total. The molecule has 29 heavy (non-hydrogen) atoms. The molecular formula is C22H26F3N4. The molecule has 2 heterocycles. The van der Waals surface area contributed by atoms with Gasteiger partial charge in [0.15, 0.2) is 0 Å². The molecule has 1 radical (unpaired) electrons. The van der Waals surface area contributed by atoms with E-state index in [1.807, 2.05) is 7.05 Å². The maximum Gasteiger partial charge on any atom is 0.418 e. The zero-order chi connectivity index (χ0) is 20.9. The largest absolute Gasteiger partial charge is 0.418 e. The van der Waals surface area contributed by atoms with Crippen molar-refractivity contribution in [3.8, 4) is 11.3 Å². The van der Waals surface area contributed by atoms with Crippen LogP contribution >= 0.6 is 0 Å². The highest BCUT2D eigenvalue weighted by molar-refractivity contribution is 6.00. The second-order valence-electron chi connectivity index (χ2n) is 7.33. The van der Waals surface area contributed by atoms with E-state index in [1.54, 1.807) is 24.7 Å². The predicted octanol–water partition coefficient (Wildman–Crippen LogP) is 5.61. The van der Waals surface area contributed by atoms with Crippen LogP contribution in [-0.2, 0) is 6.18 Å². The molecule has 1 aromatic heterocycles. The van der Waals surface area contributed by atoms with Gasteiger partial charge in [0, 0.05) is 23.0 Å². The van der Waals surface area contributed by atoms with Crippen LogP contribution in [0, 0.1) is 6.54 Å². The summed E-state index contributed by atoms with van der Waals surface area (Å²) >= 11 is 0. The second kappa shape index (κ2) is 9.39. The number of pyridine rings is 1. The number of unbranched alkanes of at least 4 members (excludes halogenated alkanes) is 3. The summed E-state index contributed by atoms with van der Waals surface area (Å²) in [6, 6.07) is 7.48. The molecule has 1 aliphatic rings. The fraction of sp³-hybridized carbons (Fsp3) is 0.409. The summed E-state index contributed by atoms with van der Waals surface area (Å²) in [6.45, 7) is 5.58. The smallest absolute Gasteiger partial charge is 0.343 e. The normalized spacial score (nSPS) is 13.8. The number of alkyl halides is 3. The van der Waals surface area contributed by atoms with Gasteiger partial charge >= 0.3 is 6.18 Å². The Balaban J connectivity index is 1.72. The summed E-state index contributed by atoms with van der Waals surface area (Å²) in [5.74, 6) is 0.782. The molecule has 4 nitrogen and oxygen atoms in total. The van der Waals surface area contributed by atoms with Crippen molar-refractivity contribution < 1.29 is 13.2 Å². The number of rotatable bonds is 8. The molecule has 0 saturated carbocycles. The Morgan fingerprint density at radius 2 is 1.93 bits per heavy atom. The van der Waals surface area contributed by atoms with Gasteiger partial charge in [-0.25, -0.2) is 0 Å². The van der Waals surface area contributed by atoms with Gasteiger partial charge in [0.2, 0.25) is 0 Å². The van der Waals surface area contributed by atoms with Gasteiger partial charge in [0.1, 0.15) is 12.4 Å². The molecule has 7 heteroatoms. The molecule has 0 amide bonds. The van der Waals surface area contributed by atoms with Gasteiger partial charge in [-0.15, -0.1) is 0 Å². The monoisotopic (exact) mass is 403 g/mol. The van der Waals surface area contributed by atoms with Crippen molar-refractivity contribution in [3.05, 3.63) is 54.2 Å². The van der Waals surface area contributed by atoms with Gasteiger partial charge in [0.25, 0.3) is 0 Å². The molecular weight excluding hydrogens is 377 g/mol. The zero-order valence-electron chi connectivity index (χ0n) is 16.8. The van der Waals surface area contributed by atoms with Crippen LogP contribution < -0.4 is 5.32 Å². The average Bonchev–Trinajstić information content (AvgIpc) is 2.70. The van der Waals surface area contributed by atoms with Crippen LogP contribution in [0.5, 0.6) is 0 Å². The van der Waals surface area contributed by atoms with Crippen LogP contribution in [-0.4, -0.2) is 35.9 Å². The second-order valence-corrected chi connectivity index (χ2v) is 7.33. The van der Waals surface area contributed by atoms with Crippen molar-refractivity contribution in [2.45, 2.75) is 38.8 Å². The first-order valence-electron chi connectivity index (χ1n) is 9.90. The Morgan fingerprint density at radius 1 is 1.10 bits per heavy atom. The van der Waals surface area contributed by atoms with Gasteiger partial charge in [0.05, 0.1) is 17.8 Å². The standard InChI is InChI=1S/C22H26F3N4/c1-3-4-5-6-12-29(2)15-20-27-14-17-10-9-16(13-19(17)28-20)21-18(22(23,24)25)8-7-11-26-21/h7-11,13-14H,3-6,12,15H2,1-2H3,(H,27,28). The first kappa shape index (κ1) is 21.3. The van der Waals surface area contributed by atoms with Crippen molar-refractivity contribution >= 4 is 11.5 Å². The van der Waals surface area contributed by atoms with Gasteiger partial charge in [-0.2, -0.15) is 13.2 Å². The lowest BCUT2D eigenvalue weighted by Crippen LogP contribution is -2.32. The number of hydrogen-bond donors (Lipinski definition) is 1. The molecule has 2 aromatic rings. The van der Waals surface area contributed by atoms with Crippen molar-refractivity contribution in [1.82, 2.24) is 9.88 Å². The highest BCUT2D eigenvalue weighted by Gasteiger charge is 2.34.